The van der Waals surface area contributed by atoms with Gasteiger partial charge in [-0.3, -0.25) is 18.7 Å². The zero-order valence-corrected chi connectivity index (χ0v) is 16.8. The van der Waals surface area contributed by atoms with Gasteiger partial charge in [-0.25, -0.2) is 4.79 Å². The van der Waals surface area contributed by atoms with Crippen LogP contribution < -0.4 is 16.6 Å². The third kappa shape index (κ3) is 3.87. The van der Waals surface area contributed by atoms with Gasteiger partial charge in [0.15, 0.2) is 0 Å². The molecular weight excluding hydrogens is 378 g/mol. The third-order valence-electron chi connectivity index (χ3n) is 4.52. The minimum atomic E-state index is -0.490. The number of fused-ring (bicyclic) bond motifs is 1. The molecule has 0 saturated carbocycles. The second-order valence-corrected chi connectivity index (χ2v) is 7.56. The number of amides is 1. The number of hydrogen-bond donors (Lipinski definition) is 1. The fourth-order valence-electron chi connectivity index (χ4n) is 3.13. The second kappa shape index (κ2) is 8.02. The fourth-order valence-corrected chi connectivity index (χ4v) is 3.30. The Morgan fingerprint density at radius 1 is 1.07 bits per heavy atom. The van der Waals surface area contributed by atoms with Crippen molar-refractivity contribution in [2.75, 3.05) is 5.32 Å². The van der Waals surface area contributed by atoms with Gasteiger partial charge < -0.3 is 5.32 Å². The number of aromatic nitrogens is 2. The van der Waals surface area contributed by atoms with Crippen LogP contribution in [-0.2, 0) is 17.9 Å². The molecule has 6 nitrogen and oxygen atoms in total. The summed E-state index contributed by atoms with van der Waals surface area (Å²) in [5.41, 5.74) is 0.951. The molecule has 1 aromatic heterocycles. The molecular formula is C21H22ClN3O3. The second-order valence-electron chi connectivity index (χ2n) is 7.16. The van der Waals surface area contributed by atoms with Gasteiger partial charge in [-0.15, -0.1) is 0 Å². The summed E-state index contributed by atoms with van der Waals surface area (Å²) in [6.45, 7) is 5.75. The molecule has 146 valence electrons. The highest BCUT2D eigenvalue weighted by Crippen LogP contribution is 2.23. The molecule has 1 heterocycles. The quantitative estimate of drug-likeness (QED) is 0.714. The van der Waals surface area contributed by atoms with E-state index in [9.17, 15) is 14.4 Å². The van der Waals surface area contributed by atoms with Gasteiger partial charge >= 0.3 is 5.69 Å². The van der Waals surface area contributed by atoms with Gasteiger partial charge in [-0.05, 0) is 42.7 Å². The molecule has 7 heteroatoms. The molecule has 0 spiro atoms. The SMILES string of the molecule is Cc1c(Cl)cccc1NC(=O)Cn1c(=O)n(CC(C)C)c(=O)c2ccccc21. The van der Waals surface area contributed by atoms with Gasteiger partial charge in [0.25, 0.3) is 5.56 Å². The summed E-state index contributed by atoms with van der Waals surface area (Å²) >= 11 is 6.10. The van der Waals surface area contributed by atoms with Gasteiger partial charge in [0.2, 0.25) is 5.91 Å². The molecule has 1 N–H and O–H groups in total. The van der Waals surface area contributed by atoms with Crippen molar-refractivity contribution < 1.29 is 4.79 Å². The number of carbonyl (C=O) groups excluding carboxylic acids is 1. The number of halogens is 1. The lowest BCUT2D eigenvalue weighted by Crippen LogP contribution is -2.42. The molecule has 0 aliphatic heterocycles. The fraction of sp³-hybridized carbons (Fsp3) is 0.286. The molecule has 0 aliphatic rings. The van der Waals surface area contributed by atoms with Crippen LogP contribution in [0.15, 0.2) is 52.1 Å². The highest BCUT2D eigenvalue weighted by molar-refractivity contribution is 6.31. The Kier molecular flexibility index (Phi) is 5.70. The Balaban J connectivity index is 2.05. The predicted octanol–water partition coefficient (Wildman–Crippen LogP) is 3.42. The molecule has 1 amide bonds. The van der Waals surface area contributed by atoms with E-state index in [-0.39, 0.29) is 30.5 Å². The highest BCUT2D eigenvalue weighted by atomic mass is 35.5. The summed E-state index contributed by atoms with van der Waals surface area (Å²) in [7, 11) is 0. The van der Waals surface area contributed by atoms with Crippen LogP contribution in [0.3, 0.4) is 0 Å². The van der Waals surface area contributed by atoms with Crippen LogP contribution >= 0.6 is 11.6 Å². The van der Waals surface area contributed by atoms with Crippen molar-refractivity contribution in [2.24, 2.45) is 5.92 Å². The zero-order valence-electron chi connectivity index (χ0n) is 16.0. The van der Waals surface area contributed by atoms with Crippen molar-refractivity contribution in [3.8, 4) is 0 Å². The van der Waals surface area contributed by atoms with Gasteiger partial charge in [0.05, 0.1) is 10.9 Å². The maximum absolute atomic E-state index is 13.0. The Hall–Kier alpha value is -2.86. The average Bonchev–Trinajstić information content (AvgIpc) is 2.66. The Labute approximate surface area is 167 Å². The lowest BCUT2D eigenvalue weighted by atomic mass is 10.2. The maximum Gasteiger partial charge on any atom is 0.331 e. The summed E-state index contributed by atoms with van der Waals surface area (Å²) in [6, 6.07) is 12.1. The molecule has 28 heavy (non-hydrogen) atoms. The molecule has 3 aromatic rings. The van der Waals surface area contributed by atoms with E-state index in [0.29, 0.717) is 21.6 Å². The zero-order chi connectivity index (χ0) is 20.4. The van der Waals surface area contributed by atoms with E-state index in [1.54, 1.807) is 42.5 Å². The monoisotopic (exact) mass is 399 g/mol. The van der Waals surface area contributed by atoms with Crippen LogP contribution in [0.25, 0.3) is 10.9 Å². The minimum Gasteiger partial charge on any atom is -0.324 e. The highest BCUT2D eigenvalue weighted by Gasteiger charge is 2.16. The van der Waals surface area contributed by atoms with Gasteiger partial charge in [0.1, 0.15) is 6.54 Å². The van der Waals surface area contributed by atoms with E-state index >= 15 is 0 Å². The van der Waals surface area contributed by atoms with Crippen molar-refractivity contribution in [1.82, 2.24) is 9.13 Å². The number of rotatable bonds is 5. The largest absolute Gasteiger partial charge is 0.331 e. The van der Waals surface area contributed by atoms with Crippen molar-refractivity contribution in [3.63, 3.8) is 0 Å². The standard InChI is InChI=1S/C21H22ClN3O3/c1-13(2)11-25-20(27)15-7-4-5-10-18(15)24(21(25)28)12-19(26)23-17-9-6-8-16(22)14(17)3/h4-10,13H,11-12H2,1-3H3,(H,23,26). The molecule has 0 aliphatic carbocycles. The molecule has 0 unspecified atom stereocenters. The lowest BCUT2D eigenvalue weighted by molar-refractivity contribution is -0.116. The molecule has 0 radical (unpaired) electrons. The number of para-hydroxylation sites is 1. The smallest absolute Gasteiger partial charge is 0.324 e. The Morgan fingerprint density at radius 2 is 1.79 bits per heavy atom. The topological polar surface area (TPSA) is 73.1 Å². The van der Waals surface area contributed by atoms with E-state index in [1.165, 1.54) is 9.13 Å². The van der Waals surface area contributed by atoms with E-state index in [4.69, 9.17) is 11.6 Å². The van der Waals surface area contributed by atoms with Crippen LogP contribution in [0.4, 0.5) is 5.69 Å². The van der Waals surface area contributed by atoms with E-state index in [1.807, 2.05) is 20.8 Å². The van der Waals surface area contributed by atoms with Crippen LogP contribution in [0.1, 0.15) is 19.4 Å². The van der Waals surface area contributed by atoms with Crippen molar-refractivity contribution in [3.05, 3.63) is 73.9 Å². The first-order chi connectivity index (χ1) is 13.3. The number of anilines is 1. The molecule has 0 atom stereocenters. The van der Waals surface area contributed by atoms with Crippen LogP contribution in [0, 0.1) is 12.8 Å². The molecule has 2 aromatic carbocycles. The number of nitrogens with one attached hydrogen (secondary N) is 1. The first-order valence-electron chi connectivity index (χ1n) is 9.07. The Bertz CT molecular complexity index is 1160. The first-order valence-corrected chi connectivity index (χ1v) is 9.44. The lowest BCUT2D eigenvalue weighted by Gasteiger charge is -2.16. The number of hydrogen-bond acceptors (Lipinski definition) is 3. The third-order valence-corrected chi connectivity index (χ3v) is 4.93. The van der Waals surface area contributed by atoms with Crippen LogP contribution in [-0.4, -0.2) is 15.0 Å². The minimum absolute atomic E-state index is 0.114. The average molecular weight is 400 g/mol. The summed E-state index contributed by atoms with van der Waals surface area (Å²) in [5.74, 6) is -0.254. The predicted molar refractivity (Wildman–Crippen MR) is 112 cm³/mol. The van der Waals surface area contributed by atoms with E-state index in [0.717, 1.165) is 5.56 Å². The molecule has 0 fully saturated rings. The molecule has 0 saturated heterocycles. The van der Waals surface area contributed by atoms with Gasteiger partial charge in [-0.1, -0.05) is 43.6 Å². The van der Waals surface area contributed by atoms with E-state index < -0.39 is 5.69 Å². The Morgan fingerprint density at radius 3 is 2.50 bits per heavy atom. The maximum atomic E-state index is 13.0. The molecule has 3 rings (SSSR count). The normalized spacial score (nSPS) is 11.2. The summed E-state index contributed by atoms with van der Waals surface area (Å²) in [5, 5.41) is 3.75. The van der Waals surface area contributed by atoms with Crippen LogP contribution in [0.2, 0.25) is 5.02 Å². The van der Waals surface area contributed by atoms with Crippen molar-refractivity contribution in [1.29, 1.82) is 0 Å². The number of nitrogens with zero attached hydrogens (tertiary/aromatic N) is 2. The van der Waals surface area contributed by atoms with Gasteiger partial charge in [-0.2, -0.15) is 0 Å². The van der Waals surface area contributed by atoms with Crippen LogP contribution in [0.5, 0.6) is 0 Å². The number of benzene rings is 2. The summed E-state index contributed by atoms with van der Waals surface area (Å²) < 4.78 is 2.54. The van der Waals surface area contributed by atoms with Crippen molar-refractivity contribution in [2.45, 2.75) is 33.9 Å². The van der Waals surface area contributed by atoms with Crippen molar-refractivity contribution >= 4 is 34.1 Å². The molecule has 0 bridgehead atoms. The number of carbonyl (C=O) groups is 1. The van der Waals surface area contributed by atoms with E-state index in [2.05, 4.69) is 5.32 Å². The summed E-state index contributed by atoms with van der Waals surface area (Å²) in [6.07, 6.45) is 0. The van der Waals surface area contributed by atoms with Gasteiger partial charge in [0, 0.05) is 17.3 Å². The first kappa shape index (κ1) is 19.9. The summed E-state index contributed by atoms with van der Waals surface area (Å²) in [4.78, 5) is 38.4.